The summed E-state index contributed by atoms with van der Waals surface area (Å²) < 4.78 is 2.11. The molecule has 1 heterocycles. The Balaban J connectivity index is 2.21. The molecule has 114 valence electrons. The van der Waals surface area contributed by atoms with E-state index in [0.29, 0.717) is 6.04 Å². The fourth-order valence-corrected chi connectivity index (χ4v) is 2.77. The maximum absolute atomic E-state index is 4.58. The molecule has 21 heavy (non-hydrogen) atoms. The van der Waals surface area contributed by atoms with Gasteiger partial charge in [-0.05, 0) is 50.4 Å². The lowest BCUT2D eigenvalue weighted by molar-refractivity contribution is 0.490. The van der Waals surface area contributed by atoms with E-state index >= 15 is 0 Å². The highest BCUT2D eigenvalue weighted by Crippen LogP contribution is 2.20. The minimum atomic E-state index is 0.323. The summed E-state index contributed by atoms with van der Waals surface area (Å²) in [6.45, 7) is 10.4. The van der Waals surface area contributed by atoms with Gasteiger partial charge in [0.15, 0.2) is 0 Å². The first-order valence-corrected chi connectivity index (χ1v) is 8.03. The fraction of sp³-hybridized carbons (Fsp3) is 0.500. The van der Waals surface area contributed by atoms with E-state index < -0.39 is 0 Å². The number of aryl methyl sites for hydroxylation is 3. The van der Waals surface area contributed by atoms with E-state index in [1.54, 1.807) is 0 Å². The zero-order valence-corrected chi connectivity index (χ0v) is 13.7. The monoisotopic (exact) mass is 285 g/mol. The normalized spacial score (nSPS) is 12.6. The Kier molecular flexibility index (Phi) is 5.57. The van der Waals surface area contributed by atoms with Crippen LogP contribution in [0.2, 0.25) is 0 Å². The lowest BCUT2D eigenvalue weighted by Crippen LogP contribution is -2.25. The molecule has 3 nitrogen and oxygen atoms in total. The molecule has 0 spiro atoms. The Morgan fingerprint density at radius 1 is 1.10 bits per heavy atom. The van der Waals surface area contributed by atoms with Gasteiger partial charge in [0, 0.05) is 6.54 Å². The van der Waals surface area contributed by atoms with Crippen LogP contribution in [0.25, 0.3) is 0 Å². The van der Waals surface area contributed by atoms with Crippen molar-refractivity contribution in [2.45, 2.75) is 53.1 Å². The summed E-state index contributed by atoms with van der Waals surface area (Å²) in [4.78, 5) is 0. The van der Waals surface area contributed by atoms with Gasteiger partial charge in [0.25, 0.3) is 0 Å². The molecule has 0 aliphatic carbocycles. The van der Waals surface area contributed by atoms with E-state index in [1.165, 1.54) is 16.8 Å². The molecule has 0 amide bonds. The van der Waals surface area contributed by atoms with Crippen molar-refractivity contribution in [1.82, 2.24) is 15.1 Å². The van der Waals surface area contributed by atoms with Crippen LogP contribution in [0.5, 0.6) is 0 Å². The van der Waals surface area contributed by atoms with E-state index in [9.17, 15) is 0 Å². The summed E-state index contributed by atoms with van der Waals surface area (Å²) in [5.74, 6) is 0. The van der Waals surface area contributed by atoms with Gasteiger partial charge in [0.2, 0.25) is 0 Å². The van der Waals surface area contributed by atoms with Crippen LogP contribution in [-0.4, -0.2) is 16.3 Å². The average Bonchev–Trinajstić information content (AvgIpc) is 2.88. The molecule has 0 aliphatic heterocycles. The van der Waals surface area contributed by atoms with Gasteiger partial charge in [-0.15, -0.1) is 0 Å². The predicted molar refractivity (Wildman–Crippen MR) is 88.6 cm³/mol. The third-order valence-electron chi connectivity index (χ3n) is 3.91. The third kappa shape index (κ3) is 3.94. The largest absolute Gasteiger partial charge is 0.309 e. The molecule has 0 saturated carbocycles. The summed E-state index contributed by atoms with van der Waals surface area (Å²) in [5, 5.41) is 8.18. The molecular weight excluding hydrogens is 258 g/mol. The molecule has 1 N–H and O–H groups in total. The van der Waals surface area contributed by atoms with E-state index in [1.807, 2.05) is 0 Å². The van der Waals surface area contributed by atoms with Crippen molar-refractivity contribution in [3.05, 3.63) is 52.8 Å². The lowest BCUT2D eigenvalue weighted by Gasteiger charge is -2.19. The van der Waals surface area contributed by atoms with Crippen molar-refractivity contribution in [3.63, 3.8) is 0 Å². The molecule has 0 saturated heterocycles. The highest BCUT2D eigenvalue weighted by molar-refractivity contribution is 5.25. The molecule has 1 aromatic carbocycles. The van der Waals surface area contributed by atoms with Crippen molar-refractivity contribution >= 4 is 0 Å². The molecule has 3 heteroatoms. The highest BCUT2D eigenvalue weighted by atomic mass is 15.3. The molecule has 1 unspecified atom stereocenters. The standard InChI is InChI=1S/C18H27N3/c1-5-15-8-10-16(11-9-15)13-17(19-6-2)18-12-14(4)20-21(18)7-3/h8-12,17,19H,5-7,13H2,1-4H3. The smallest absolute Gasteiger partial charge is 0.0597 e. The van der Waals surface area contributed by atoms with E-state index in [-0.39, 0.29) is 0 Å². The average molecular weight is 285 g/mol. The van der Waals surface area contributed by atoms with Gasteiger partial charge in [0.1, 0.15) is 0 Å². The van der Waals surface area contributed by atoms with Gasteiger partial charge in [-0.2, -0.15) is 5.10 Å². The Morgan fingerprint density at radius 3 is 2.33 bits per heavy atom. The Hall–Kier alpha value is -1.61. The minimum absolute atomic E-state index is 0.323. The fourth-order valence-electron chi connectivity index (χ4n) is 2.77. The SMILES string of the molecule is CCNC(Cc1ccc(CC)cc1)c1cc(C)nn1CC. The Bertz CT molecular complexity index is 554. The van der Waals surface area contributed by atoms with Crippen LogP contribution >= 0.6 is 0 Å². The zero-order chi connectivity index (χ0) is 15.2. The number of nitrogens with one attached hydrogen (secondary N) is 1. The molecule has 2 aromatic rings. The molecule has 1 aromatic heterocycles. The topological polar surface area (TPSA) is 29.9 Å². The Morgan fingerprint density at radius 2 is 1.76 bits per heavy atom. The first-order valence-electron chi connectivity index (χ1n) is 8.03. The van der Waals surface area contributed by atoms with Crippen molar-refractivity contribution in [2.75, 3.05) is 6.54 Å². The zero-order valence-electron chi connectivity index (χ0n) is 13.7. The summed E-state index contributed by atoms with van der Waals surface area (Å²) in [6.07, 6.45) is 2.10. The summed E-state index contributed by atoms with van der Waals surface area (Å²) in [5.41, 5.74) is 5.15. The summed E-state index contributed by atoms with van der Waals surface area (Å²) in [7, 11) is 0. The van der Waals surface area contributed by atoms with Crippen LogP contribution in [-0.2, 0) is 19.4 Å². The van der Waals surface area contributed by atoms with Gasteiger partial charge in [0.05, 0.1) is 17.4 Å². The summed E-state index contributed by atoms with van der Waals surface area (Å²) in [6, 6.07) is 11.5. The van der Waals surface area contributed by atoms with Gasteiger partial charge < -0.3 is 5.32 Å². The molecule has 0 fully saturated rings. The van der Waals surface area contributed by atoms with E-state index in [4.69, 9.17) is 0 Å². The van der Waals surface area contributed by atoms with Crippen LogP contribution in [0.15, 0.2) is 30.3 Å². The van der Waals surface area contributed by atoms with Gasteiger partial charge >= 0.3 is 0 Å². The number of hydrogen-bond acceptors (Lipinski definition) is 2. The molecule has 2 rings (SSSR count). The number of hydrogen-bond donors (Lipinski definition) is 1. The van der Waals surface area contributed by atoms with Crippen molar-refractivity contribution in [1.29, 1.82) is 0 Å². The predicted octanol–water partition coefficient (Wildman–Crippen LogP) is 3.67. The van der Waals surface area contributed by atoms with Crippen LogP contribution in [0.1, 0.15) is 49.3 Å². The van der Waals surface area contributed by atoms with Crippen LogP contribution in [0.3, 0.4) is 0 Å². The van der Waals surface area contributed by atoms with Gasteiger partial charge in [-0.3, -0.25) is 4.68 Å². The van der Waals surface area contributed by atoms with E-state index in [0.717, 1.165) is 31.6 Å². The number of nitrogens with zero attached hydrogens (tertiary/aromatic N) is 2. The number of benzene rings is 1. The number of rotatable bonds is 7. The van der Waals surface area contributed by atoms with Crippen LogP contribution in [0.4, 0.5) is 0 Å². The molecule has 0 bridgehead atoms. The van der Waals surface area contributed by atoms with Crippen molar-refractivity contribution < 1.29 is 0 Å². The minimum Gasteiger partial charge on any atom is -0.309 e. The molecule has 1 atom stereocenters. The Labute approximate surface area is 128 Å². The third-order valence-corrected chi connectivity index (χ3v) is 3.91. The van der Waals surface area contributed by atoms with Gasteiger partial charge in [-0.25, -0.2) is 0 Å². The van der Waals surface area contributed by atoms with Crippen LogP contribution < -0.4 is 5.32 Å². The highest BCUT2D eigenvalue weighted by Gasteiger charge is 2.16. The number of likely N-dealkylation sites (N-methyl/N-ethyl adjacent to an activating group) is 1. The maximum atomic E-state index is 4.58. The lowest BCUT2D eigenvalue weighted by atomic mass is 10.0. The second-order valence-electron chi connectivity index (χ2n) is 5.51. The van der Waals surface area contributed by atoms with Crippen molar-refractivity contribution in [3.8, 4) is 0 Å². The van der Waals surface area contributed by atoms with E-state index in [2.05, 4.69) is 73.1 Å². The second-order valence-corrected chi connectivity index (χ2v) is 5.51. The van der Waals surface area contributed by atoms with Gasteiger partial charge in [-0.1, -0.05) is 38.1 Å². The quantitative estimate of drug-likeness (QED) is 0.841. The molecule has 0 radical (unpaired) electrons. The first-order chi connectivity index (χ1) is 10.2. The first kappa shape index (κ1) is 15.8. The molecule has 0 aliphatic rings. The second kappa shape index (κ2) is 7.41. The van der Waals surface area contributed by atoms with Crippen molar-refractivity contribution in [2.24, 2.45) is 0 Å². The summed E-state index contributed by atoms with van der Waals surface area (Å²) >= 11 is 0. The maximum Gasteiger partial charge on any atom is 0.0597 e. The molecular formula is C18H27N3. The number of aromatic nitrogens is 2. The van der Waals surface area contributed by atoms with Crippen LogP contribution in [0, 0.1) is 6.92 Å².